The molecule has 1 aromatic heterocycles. The molecule has 39 heavy (non-hydrogen) atoms. The Morgan fingerprint density at radius 1 is 0.872 bits per heavy atom. The van der Waals surface area contributed by atoms with Crippen LogP contribution in [0.4, 0.5) is 5.69 Å². The van der Waals surface area contributed by atoms with Crippen LogP contribution in [0, 0.1) is 10.1 Å². The molecule has 0 bridgehead atoms. The van der Waals surface area contributed by atoms with E-state index >= 15 is 0 Å². The smallest absolute Gasteiger partial charge is 0.270 e. The minimum Gasteiger partial charge on any atom is -0.497 e. The van der Waals surface area contributed by atoms with Gasteiger partial charge in [-0.25, -0.2) is 4.68 Å². The molecule has 0 aliphatic carbocycles. The molecule has 0 spiro atoms. The minimum absolute atomic E-state index is 0.0659. The van der Waals surface area contributed by atoms with Crippen molar-refractivity contribution in [3.8, 4) is 39.9 Å². The molecule has 202 valence electrons. The predicted octanol–water partition coefficient (Wildman–Crippen LogP) is 4.45. The van der Waals surface area contributed by atoms with Gasteiger partial charge < -0.3 is 24.3 Å². The summed E-state index contributed by atoms with van der Waals surface area (Å²) in [6, 6.07) is 18.3. The average Bonchev–Trinajstić information content (AvgIpc) is 3.42. The molecule has 0 aliphatic rings. The topological polar surface area (TPSA) is 127 Å². The first-order valence-corrected chi connectivity index (χ1v) is 11.9. The van der Waals surface area contributed by atoms with E-state index < -0.39 is 4.92 Å². The van der Waals surface area contributed by atoms with Gasteiger partial charge in [-0.3, -0.25) is 14.9 Å². The van der Waals surface area contributed by atoms with E-state index in [0.29, 0.717) is 52.9 Å². The Hall–Kier alpha value is -5.06. The van der Waals surface area contributed by atoms with Crippen molar-refractivity contribution >= 4 is 11.6 Å². The lowest BCUT2D eigenvalue weighted by Gasteiger charge is -2.11. The standard InChI is InChI=1S/C28H28N4O7/c1-36-21-10-11-22(26(16-21)38-3)23-17-24(31(30-23)19-6-8-20(9-7-19)32(34)35)28(33)29-14-13-18-5-12-25(37-2)27(15-18)39-4/h5-12,15-17H,13-14H2,1-4H3,(H,29,33). The van der Waals surface area contributed by atoms with E-state index in [2.05, 4.69) is 10.4 Å². The summed E-state index contributed by atoms with van der Waals surface area (Å²) in [5.41, 5.74) is 2.77. The van der Waals surface area contributed by atoms with Crippen LogP contribution in [0.5, 0.6) is 23.0 Å². The fraction of sp³-hybridized carbons (Fsp3) is 0.214. The van der Waals surface area contributed by atoms with Crippen LogP contribution in [-0.4, -0.2) is 55.6 Å². The Balaban J connectivity index is 1.64. The van der Waals surface area contributed by atoms with Crippen molar-refractivity contribution in [2.75, 3.05) is 35.0 Å². The monoisotopic (exact) mass is 532 g/mol. The van der Waals surface area contributed by atoms with Crippen molar-refractivity contribution in [2.24, 2.45) is 0 Å². The van der Waals surface area contributed by atoms with Crippen LogP contribution in [0.15, 0.2) is 66.7 Å². The summed E-state index contributed by atoms with van der Waals surface area (Å²) in [6.07, 6.45) is 0.553. The largest absolute Gasteiger partial charge is 0.497 e. The number of methoxy groups -OCH3 is 4. The molecule has 0 saturated heterocycles. The first-order valence-electron chi connectivity index (χ1n) is 11.9. The van der Waals surface area contributed by atoms with Gasteiger partial charge in [0.25, 0.3) is 11.6 Å². The third-order valence-electron chi connectivity index (χ3n) is 6.08. The maximum absolute atomic E-state index is 13.4. The number of carbonyl (C=O) groups excluding carboxylic acids is 1. The average molecular weight is 533 g/mol. The molecule has 1 heterocycles. The fourth-order valence-electron chi connectivity index (χ4n) is 4.04. The molecule has 11 nitrogen and oxygen atoms in total. The number of benzene rings is 3. The number of hydrogen-bond donors (Lipinski definition) is 1. The van der Waals surface area contributed by atoms with Gasteiger partial charge in [0.2, 0.25) is 0 Å². The number of hydrogen-bond acceptors (Lipinski definition) is 8. The summed E-state index contributed by atoms with van der Waals surface area (Å²) in [7, 11) is 6.23. The van der Waals surface area contributed by atoms with Gasteiger partial charge in [-0.1, -0.05) is 6.07 Å². The second-order valence-corrected chi connectivity index (χ2v) is 8.36. The molecule has 0 unspecified atom stereocenters. The van der Waals surface area contributed by atoms with Crippen LogP contribution in [0.2, 0.25) is 0 Å². The van der Waals surface area contributed by atoms with Gasteiger partial charge in [0.05, 0.1) is 44.7 Å². The van der Waals surface area contributed by atoms with Crippen molar-refractivity contribution in [1.29, 1.82) is 0 Å². The molecule has 1 amide bonds. The van der Waals surface area contributed by atoms with Crippen molar-refractivity contribution in [3.63, 3.8) is 0 Å². The van der Waals surface area contributed by atoms with Crippen molar-refractivity contribution in [2.45, 2.75) is 6.42 Å². The Kier molecular flexibility index (Phi) is 8.30. The molecular weight excluding hydrogens is 504 g/mol. The zero-order valence-electron chi connectivity index (χ0n) is 22.0. The fourth-order valence-corrected chi connectivity index (χ4v) is 4.04. The zero-order valence-corrected chi connectivity index (χ0v) is 22.0. The second-order valence-electron chi connectivity index (χ2n) is 8.36. The zero-order chi connectivity index (χ0) is 27.9. The molecule has 3 aromatic carbocycles. The molecule has 0 aliphatic heterocycles. The summed E-state index contributed by atoms with van der Waals surface area (Å²) < 4.78 is 22.9. The highest BCUT2D eigenvalue weighted by Crippen LogP contribution is 2.34. The number of nitrogens with one attached hydrogen (secondary N) is 1. The number of amides is 1. The lowest BCUT2D eigenvalue weighted by atomic mass is 10.1. The van der Waals surface area contributed by atoms with E-state index in [1.54, 1.807) is 57.7 Å². The normalized spacial score (nSPS) is 10.6. The van der Waals surface area contributed by atoms with E-state index in [0.717, 1.165) is 5.56 Å². The molecule has 0 saturated carbocycles. The Morgan fingerprint density at radius 3 is 2.23 bits per heavy atom. The number of non-ortho nitro benzene ring substituents is 1. The van der Waals surface area contributed by atoms with Gasteiger partial charge in [-0.05, 0) is 54.4 Å². The highest BCUT2D eigenvalue weighted by atomic mass is 16.6. The highest BCUT2D eigenvalue weighted by molar-refractivity contribution is 5.94. The van der Waals surface area contributed by atoms with Crippen LogP contribution >= 0.6 is 0 Å². The molecule has 0 radical (unpaired) electrons. The van der Waals surface area contributed by atoms with Gasteiger partial charge in [-0.2, -0.15) is 5.10 Å². The SMILES string of the molecule is COc1ccc(-c2cc(C(=O)NCCc3ccc(OC)c(OC)c3)n(-c3ccc([N+](=O)[O-])cc3)n2)c(OC)c1. The number of nitro groups is 1. The maximum Gasteiger partial charge on any atom is 0.270 e. The van der Waals surface area contributed by atoms with Crippen LogP contribution in [0.1, 0.15) is 16.1 Å². The van der Waals surface area contributed by atoms with Gasteiger partial charge in [0.1, 0.15) is 17.2 Å². The van der Waals surface area contributed by atoms with E-state index in [9.17, 15) is 14.9 Å². The van der Waals surface area contributed by atoms with Crippen LogP contribution < -0.4 is 24.3 Å². The highest BCUT2D eigenvalue weighted by Gasteiger charge is 2.20. The van der Waals surface area contributed by atoms with Gasteiger partial charge >= 0.3 is 0 Å². The molecule has 11 heteroatoms. The number of nitrogens with zero attached hydrogens (tertiary/aromatic N) is 3. The summed E-state index contributed by atoms with van der Waals surface area (Å²) in [5, 5.41) is 18.7. The van der Waals surface area contributed by atoms with Gasteiger partial charge in [-0.15, -0.1) is 0 Å². The third kappa shape index (κ3) is 5.93. The van der Waals surface area contributed by atoms with E-state index in [4.69, 9.17) is 18.9 Å². The lowest BCUT2D eigenvalue weighted by Crippen LogP contribution is -2.27. The quantitative estimate of drug-likeness (QED) is 0.222. The van der Waals surface area contributed by atoms with Crippen LogP contribution in [0.3, 0.4) is 0 Å². The first kappa shape index (κ1) is 27.0. The van der Waals surface area contributed by atoms with Crippen LogP contribution in [0.25, 0.3) is 16.9 Å². The van der Waals surface area contributed by atoms with Crippen LogP contribution in [-0.2, 0) is 6.42 Å². The predicted molar refractivity (Wildman–Crippen MR) is 144 cm³/mol. The molecule has 0 fully saturated rings. The Bertz CT molecular complexity index is 1480. The molecule has 1 N–H and O–H groups in total. The number of nitro benzene ring substituents is 1. The Morgan fingerprint density at radius 2 is 1.59 bits per heavy atom. The minimum atomic E-state index is -0.484. The second kappa shape index (κ2) is 12.0. The number of rotatable bonds is 11. The van der Waals surface area contributed by atoms with Gasteiger partial charge in [0.15, 0.2) is 11.5 Å². The van der Waals surface area contributed by atoms with E-state index in [-0.39, 0.29) is 17.3 Å². The van der Waals surface area contributed by atoms with Crippen molar-refractivity contribution in [3.05, 3.63) is 88.1 Å². The number of carbonyl (C=O) groups is 1. The third-order valence-corrected chi connectivity index (χ3v) is 6.08. The summed E-state index contributed by atoms with van der Waals surface area (Å²) in [6.45, 7) is 0.348. The first-order chi connectivity index (χ1) is 18.9. The lowest BCUT2D eigenvalue weighted by molar-refractivity contribution is -0.384. The van der Waals surface area contributed by atoms with Crippen molar-refractivity contribution in [1.82, 2.24) is 15.1 Å². The Labute approximate surface area is 225 Å². The molecule has 4 aromatic rings. The maximum atomic E-state index is 13.4. The summed E-state index contributed by atoms with van der Waals surface area (Å²) >= 11 is 0. The number of aromatic nitrogens is 2. The number of ether oxygens (including phenoxy) is 4. The summed E-state index contributed by atoms with van der Waals surface area (Å²) in [4.78, 5) is 24.0. The summed E-state index contributed by atoms with van der Waals surface area (Å²) in [5.74, 6) is 2.00. The molecular formula is C28H28N4O7. The molecule has 4 rings (SSSR count). The van der Waals surface area contributed by atoms with Gasteiger partial charge in [0, 0.05) is 30.3 Å². The molecule has 0 atom stereocenters. The van der Waals surface area contributed by atoms with E-state index in [1.807, 2.05) is 18.2 Å². The van der Waals surface area contributed by atoms with E-state index in [1.165, 1.54) is 23.9 Å². The van der Waals surface area contributed by atoms with Crippen molar-refractivity contribution < 1.29 is 28.7 Å².